The largest absolute Gasteiger partial charge is 0.379 e. The highest BCUT2D eigenvalue weighted by Gasteiger charge is 2.42. The van der Waals surface area contributed by atoms with Crippen LogP contribution in [0.5, 0.6) is 0 Å². The average molecular weight is 518 g/mol. The van der Waals surface area contributed by atoms with E-state index in [2.05, 4.69) is 10.1 Å². The molecule has 2 amide bonds. The first kappa shape index (κ1) is 23.5. The minimum atomic E-state index is -3.82. The van der Waals surface area contributed by atoms with E-state index in [0.29, 0.717) is 47.0 Å². The summed E-state index contributed by atoms with van der Waals surface area (Å²) in [5.41, 5.74) is 2.47. The normalized spacial score (nSPS) is 16.5. The van der Waals surface area contributed by atoms with Crippen molar-refractivity contribution >= 4 is 38.6 Å². The Morgan fingerprint density at radius 1 is 0.892 bits per heavy atom. The van der Waals surface area contributed by atoms with Gasteiger partial charge < -0.3 is 4.74 Å². The Balaban J connectivity index is 1.51. The highest BCUT2D eigenvalue weighted by molar-refractivity contribution is 7.89. The minimum Gasteiger partial charge on any atom is -0.379 e. The number of rotatable bonds is 4. The Morgan fingerprint density at radius 3 is 2.32 bits per heavy atom. The molecule has 188 valence electrons. The third-order valence-electron chi connectivity index (χ3n) is 6.62. The molecule has 0 aliphatic carbocycles. The van der Waals surface area contributed by atoms with Crippen molar-refractivity contribution in [3.05, 3.63) is 77.1 Å². The molecule has 2 aliphatic rings. The third-order valence-corrected chi connectivity index (χ3v) is 8.52. The predicted molar refractivity (Wildman–Crippen MR) is 135 cm³/mol. The number of anilines is 1. The van der Waals surface area contributed by atoms with Crippen LogP contribution in [0.25, 0.3) is 16.6 Å². The second-order valence-corrected chi connectivity index (χ2v) is 10.9. The van der Waals surface area contributed by atoms with Gasteiger partial charge in [0.25, 0.3) is 11.8 Å². The van der Waals surface area contributed by atoms with Gasteiger partial charge in [0.1, 0.15) is 5.82 Å². The number of para-hydroxylation sites is 1. The van der Waals surface area contributed by atoms with Crippen LogP contribution in [0.4, 0.5) is 5.82 Å². The second-order valence-electron chi connectivity index (χ2n) is 8.98. The van der Waals surface area contributed by atoms with E-state index >= 15 is 0 Å². The van der Waals surface area contributed by atoms with E-state index in [-0.39, 0.29) is 29.1 Å². The maximum Gasteiger partial charge on any atom is 0.269 e. The van der Waals surface area contributed by atoms with Crippen molar-refractivity contribution in [1.82, 2.24) is 19.1 Å². The maximum absolute atomic E-state index is 13.9. The van der Waals surface area contributed by atoms with Gasteiger partial charge in [-0.3, -0.25) is 14.6 Å². The number of aromatic nitrogens is 3. The number of pyridine rings is 1. The van der Waals surface area contributed by atoms with E-state index in [0.717, 1.165) is 4.90 Å². The first-order chi connectivity index (χ1) is 17.8. The number of hydrogen-bond donors (Lipinski definition) is 0. The number of nitrogens with zero attached hydrogens (tertiary/aromatic N) is 5. The van der Waals surface area contributed by atoms with Gasteiger partial charge in [-0.1, -0.05) is 18.2 Å². The number of carbonyl (C=O) groups is 2. The second kappa shape index (κ2) is 8.58. The molecule has 4 aromatic rings. The summed E-state index contributed by atoms with van der Waals surface area (Å²) in [4.78, 5) is 33.2. The fourth-order valence-corrected chi connectivity index (χ4v) is 6.31. The van der Waals surface area contributed by atoms with Crippen LogP contribution < -0.4 is 4.90 Å². The molecule has 0 bridgehead atoms. The molecule has 37 heavy (non-hydrogen) atoms. The van der Waals surface area contributed by atoms with E-state index in [9.17, 15) is 18.0 Å². The van der Waals surface area contributed by atoms with Crippen LogP contribution in [0, 0.1) is 13.8 Å². The van der Waals surface area contributed by atoms with Crippen molar-refractivity contribution in [1.29, 1.82) is 0 Å². The molecule has 0 radical (unpaired) electrons. The van der Waals surface area contributed by atoms with Crippen LogP contribution in [0.3, 0.4) is 0 Å². The first-order valence-electron chi connectivity index (χ1n) is 11.8. The first-order valence-corrected chi connectivity index (χ1v) is 13.2. The van der Waals surface area contributed by atoms with Gasteiger partial charge in [-0.25, -0.2) is 18.0 Å². The van der Waals surface area contributed by atoms with Gasteiger partial charge in [-0.2, -0.15) is 9.40 Å². The summed E-state index contributed by atoms with van der Waals surface area (Å²) in [6.45, 7) is 4.59. The summed E-state index contributed by atoms with van der Waals surface area (Å²) < 4.78 is 34.8. The molecule has 6 rings (SSSR count). The summed E-state index contributed by atoms with van der Waals surface area (Å²) in [6.07, 6.45) is 0. The lowest BCUT2D eigenvalue weighted by atomic mass is 10.0. The summed E-state index contributed by atoms with van der Waals surface area (Å²) in [7, 11) is -3.82. The Morgan fingerprint density at radius 2 is 1.59 bits per heavy atom. The van der Waals surface area contributed by atoms with Crippen molar-refractivity contribution in [2.45, 2.75) is 18.7 Å². The molecule has 0 spiro atoms. The van der Waals surface area contributed by atoms with Crippen LogP contribution in [-0.4, -0.2) is 65.6 Å². The average Bonchev–Trinajstić information content (AvgIpc) is 3.41. The fourth-order valence-electron chi connectivity index (χ4n) is 4.87. The van der Waals surface area contributed by atoms with E-state index < -0.39 is 21.8 Å². The lowest BCUT2D eigenvalue weighted by molar-refractivity contribution is 0.0730. The molecule has 1 saturated heterocycles. The lowest BCUT2D eigenvalue weighted by Gasteiger charge is -2.26. The van der Waals surface area contributed by atoms with Gasteiger partial charge >= 0.3 is 0 Å². The zero-order valence-electron chi connectivity index (χ0n) is 20.2. The van der Waals surface area contributed by atoms with Gasteiger partial charge in [0.05, 0.1) is 51.8 Å². The van der Waals surface area contributed by atoms with Crippen LogP contribution in [-0.2, 0) is 14.8 Å². The zero-order chi connectivity index (χ0) is 25.9. The number of aryl methyl sites for hydroxylation is 2. The zero-order valence-corrected chi connectivity index (χ0v) is 21.0. The molecule has 0 unspecified atom stereocenters. The topological polar surface area (TPSA) is 115 Å². The number of imide groups is 1. The molecular weight excluding hydrogens is 494 g/mol. The van der Waals surface area contributed by atoms with E-state index in [4.69, 9.17) is 4.74 Å². The molecule has 2 aliphatic heterocycles. The van der Waals surface area contributed by atoms with Crippen LogP contribution >= 0.6 is 0 Å². The third kappa shape index (κ3) is 3.66. The maximum atomic E-state index is 13.9. The molecule has 2 aromatic heterocycles. The van der Waals surface area contributed by atoms with Crippen molar-refractivity contribution in [2.24, 2.45) is 0 Å². The summed E-state index contributed by atoms with van der Waals surface area (Å²) in [6, 6.07) is 15.4. The molecule has 10 nitrogen and oxygen atoms in total. The van der Waals surface area contributed by atoms with E-state index in [1.807, 2.05) is 30.3 Å². The Kier molecular flexibility index (Phi) is 5.44. The smallest absolute Gasteiger partial charge is 0.269 e. The van der Waals surface area contributed by atoms with Crippen molar-refractivity contribution in [3.8, 4) is 5.69 Å². The van der Waals surface area contributed by atoms with Gasteiger partial charge in [0.15, 0.2) is 0 Å². The van der Waals surface area contributed by atoms with Crippen molar-refractivity contribution in [2.75, 3.05) is 31.2 Å². The predicted octanol–water partition coefficient (Wildman–Crippen LogP) is 2.86. The lowest BCUT2D eigenvalue weighted by Crippen LogP contribution is -2.40. The standard InChI is InChI=1S/C26H23N5O5S/c1-16-14-22(31(28-16)18-6-4-3-5-7-18)30-25(32)23-17(2)27-21-9-8-19(15-20(21)24(23)26(30)33)37(34,35)29-10-12-36-13-11-29/h3-9,14-15H,10-13H2,1-2H3. The molecule has 0 saturated carbocycles. The molecule has 4 heterocycles. The monoisotopic (exact) mass is 517 g/mol. The Hall–Kier alpha value is -3.93. The number of hydrogen-bond acceptors (Lipinski definition) is 7. The van der Waals surface area contributed by atoms with Crippen LogP contribution in [0.1, 0.15) is 32.1 Å². The molecular formula is C26H23N5O5S. The quantitative estimate of drug-likeness (QED) is 0.382. The molecule has 0 N–H and O–H groups in total. The summed E-state index contributed by atoms with van der Waals surface area (Å²) >= 11 is 0. The highest BCUT2D eigenvalue weighted by atomic mass is 32.2. The van der Waals surface area contributed by atoms with Gasteiger partial charge in [0, 0.05) is 24.5 Å². The van der Waals surface area contributed by atoms with Gasteiger partial charge in [-0.15, -0.1) is 0 Å². The van der Waals surface area contributed by atoms with Crippen LogP contribution in [0.15, 0.2) is 59.5 Å². The summed E-state index contributed by atoms with van der Waals surface area (Å²) in [5, 5.41) is 4.82. The molecule has 0 atom stereocenters. The van der Waals surface area contributed by atoms with Crippen molar-refractivity contribution < 1.29 is 22.7 Å². The number of amides is 2. The summed E-state index contributed by atoms with van der Waals surface area (Å²) in [5.74, 6) is -0.765. The van der Waals surface area contributed by atoms with Gasteiger partial charge in [0.2, 0.25) is 10.0 Å². The fraction of sp³-hybridized carbons (Fsp3) is 0.231. The highest BCUT2D eigenvalue weighted by Crippen LogP contribution is 2.36. The number of ether oxygens (including phenoxy) is 1. The Labute approximate surface area is 213 Å². The number of morpholine rings is 1. The Bertz CT molecular complexity index is 1690. The number of fused-ring (bicyclic) bond motifs is 3. The molecule has 1 fully saturated rings. The molecule has 2 aromatic carbocycles. The molecule has 11 heteroatoms. The number of sulfonamides is 1. The van der Waals surface area contributed by atoms with Crippen molar-refractivity contribution in [3.63, 3.8) is 0 Å². The van der Waals surface area contributed by atoms with E-state index in [1.165, 1.54) is 16.4 Å². The van der Waals surface area contributed by atoms with Crippen LogP contribution in [0.2, 0.25) is 0 Å². The number of benzene rings is 2. The minimum absolute atomic E-state index is 0.0404. The number of carbonyl (C=O) groups excluding carboxylic acids is 2. The van der Waals surface area contributed by atoms with E-state index in [1.54, 1.807) is 30.7 Å². The SMILES string of the molecule is Cc1cc(N2C(=O)c3c(C)nc4ccc(S(=O)(=O)N5CCOCC5)cc4c3C2=O)n(-c2ccccc2)n1. The van der Waals surface area contributed by atoms with Gasteiger partial charge in [-0.05, 0) is 44.2 Å².